The van der Waals surface area contributed by atoms with Crippen LogP contribution in [0.1, 0.15) is 74.2 Å². The van der Waals surface area contributed by atoms with Crippen LogP contribution < -0.4 is 0 Å². The van der Waals surface area contributed by atoms with Crippen molar-refractivity contribution in [2.75, 3.05) is 0 Å². The Labute approximate surface area is 271 Å². The second-order valence-electron chi connectivity index (χ2n) is 11.0. The van der Waals surface area contributed by atoms with E-state index in [2.05, 4.69) is 177 Å². The molecule has 0 aliphatic heterocycles. The van der Waals surface area contributed by atoms with Gasteiger partial charge in [0.05, 0.1) is 0 Å². The first-order valence-corrected chi connectivity index (χ1v) is 14.1. The molecule has 0 amide bonds. The Bertz CT molecular complexity index is 1540. The van der Waals surface area contributed by atoms with Gasteiger partial charge in [-0.25, -0.2) is 0 Å². The highest BCUT2D eigenvalue weighted by Crippen LogP contribution is 2.18. The molecule has 0 saturated carbocycles. The minimum absolute atomic E-state index is 0. The van der Waals surface area contributed by atoms with Crippen molar-refractivity contribution in [3.05, 3.63) is 166 Å². The monoisotopic (exact) mass is 588 g/mol. The fraction of sp³-hybridized carbons (Fsp3) is 0.273. The summed E-state index contributed by atoms with van der Waals surface area (Å²) in [6.45, 7) is 16.9. The predicted octanol–water partition coefficient (Wildman–Crippen LogP) is 14.1. The Hall–Kier alpha value is -4.16. The Morgan fingerprint density at radius 3 is 0.773 bits per heavy atom. The van der Waals surface area contributed by atoms with Crippen LogP contribution in [0.25, 0.3) is 21.5 Å². The van der Waals surface area contributed by atoms with Gasteiger partial charge in [0.2, 0.25) is 0 Å². The molecule has 6 aromatic rings. The standard InChI is InChI=1S/2C12H12.2C8H10.4CH4/c1-9-3-5-12-8-10(2)4-6-11(12)7-9;1-9-3-5-11-6-4-10(2)8-12(11)7-9;1-7-3-5-8(2)6-4-7;1-7-4-3-5-8(2)6-7;;;;/h2*3-8H,1-2H3;2*3-6H,1-2H3;4*1H4. The van der Waals surface area contributed by atoms with Crippen molar-refractivity contribution in [3.8, 4) is 0 Å². The normalized spacial score (nSPS) is 9.09. The zero-order valence-corrected chi connectivity index (χ0v) is 25.5. The molecule has 0 spiro atoms. The van der Waals surface area contributed by atoms with E-state index >= 15 is 0 Å². The van der Waals surface area contributed by atoms with Gasteiger partial charge in [0.1, 0.15) is 0 Å². The molecule has 0 radical (unpaired) electrons. The van der Waals surface area contributed by atoms with E-state index in [1.807, 2.05) is 0 Å². The molecule has 6 rings (SSSR count). The van der Waals surface area contributed by atoms with E-state index in [1.165, 1.54) is 66.1 Å². The number of hydrogen-bond acceptors (Lipinski definition) is 0. The molecule has 0 heterocycles. The van der Waals surface area contributed by atoms with Crippen LogP contribution in [-0.4, -0.2) is 0 Å². The quantitative estimate of drug-likeness (QED) is 0.166. The van der Waals surface area contributed by atoms with Gasteiger partial charge in [-0.1, -0.05) is 196 Å². The summed E-state index contributed by atoms with van der Waals surface area (Å²) in [5.74, 6) is 0. The summed E-state index contributed by atoms with van der Waals surface area (Å²) in [7, 11) is 0. The molecule has 0 fully saturated rings. The minimum atomic E-state index is 0. The second kappa shape index (κ2) is 20.7. The Morgan fingerprint density at radius 2 is 0.477 bits per heavy atom. The molecule has 0 unspecified atom stereocenters. The number of hydrogen-bond donors (Lipinski definition) is 0. The molecule has 0 aliphatic carbocycles. The van der Waals surface area contributed by atoms with Gasteiger partial charge in [-0.2, -0.15) is 0 Å². The van der Waals surface area contributed by atoms with Gasteiger partial charge in [-0.3, -0.25) is 0 Å². The van der Waals surface area contributed by atoms with Gasteiger partial charge in [-0.05, 0) is 76.9 Å². The first-order chi connectivity index (χ1) is 19.1. The highest BCUT2D eigenvalue weighted by Gasteiger charge is 1.94. The lowest BCUT2D eigenvalue weighted by Crippen LogP contribution is -1.76. The third-order valence-corrected chi connectivity index (χ3v) is 6.69. The van der Waals surface area contributed by atoms with Gasteiger partial charge in [-0.15, -0.1) is 0 Å². The maximum absolute atomic E-state index is 2.22. The average molecular weight is 589 g/mol. The van der Waals surface area contributed by atoms with Crippen LogP contribution >= 0.6 is 0 Å². The number of benzene rings is 6. The molecule has 0 N–H and O–H groups in total. The third kappa shape index (κ3) is 14.3. The number of fused-ring (bicyclic) bond motifs is 2. The van der Waals surface area contributed by atoms with Crippen molar-refractivity contribution in [2.24, 2.45) is 0 Å². The summed E-state index contributed by atoms with van der Waals surface area (Å²) >= 11 is 0. The van der Waals surface area contributed by atoms with Gasteiger partial charge in [0.25, 0.3) is 0 Å². The van der Waals surface area contributed by atoms with E-state index in [1.54, 1.807) is 0 Å². The first kappa shape index (κ1) is 42.0. The van der Waals surface area contributed by atoms with Crippen LogP contribution in [0, 0.1) is 55.4 Å². The van der Waals surface area contributed by atoms with Gasteiger partial charge < -0.3 is 0 Å². The highest BCUT2D eigenvalue weighted by molar-refractivity contribution is 5.84. The molecule has 0 aromatic heterocycles. The van der Waals surface area contributed by atoms with E-state index < -0.39 is 0 Å². The summed E-state index contributed by atoms with van der Waals surface area (Å²) in [6.07, 6.45) is 0. The zero-order valence-electron chi connectivity index (χ0n) is 25.5. The van der Waals surface area contributed by atoms with Crippen molar-refractivity contribution in [2.45, 2.75) is 85.1 Å². The fourth-order valence-corrected chi connectivity index (χ4v) is 4.41. The van der Waals surface area contributed by atoms with Crippen molar-refractivity contribution >= 4 is 21.5 Å². The van der Waals surface area contributed by atoms with E-state index in [9.17, 15) is 0 Å². The van der Waals surface area contributed by atoms with Crippen molar-refractivity contribution in [1.82, 2.24) is 0 Å². The van der Waals surface area contributed by atoms with Crippen LogP contribution in [0.15, 0.2) is 121 Å². The molecule has 0 heteroatoms. The Morgan fingerprint density at radius 1 is 0.227 bits per heavy atom. The molecule has 0 saturated heterocycles. The molecule has 0 bridgehead atoms. The maximum atomic E-state index is 2.22. The minimum Gasteiger partial charge on any atom is -0.0776 e. The van der Waals surface area contributed by atoms with Gasteiger partial charge in [0, 0.05) is 0 Å². The van der Waals surface area contributed by atoms with E-state index in [-0.39, 0.29) is 29.7 Å². The summed E-state index contributed by atoms with van der Waals surface area (Å²) in [5, 5.41) is 5.34. The van der Waals surface area contributed by atoms with Crippen LogP contribution in [0.2, 0.25) is 0 Å². The predicted molar refractivity (Wildman–Crippen MR) is 206 cm³/mol. The zero-order chi connectivity index (χ0) is 29.1. The molecule has 236 valence electrons. The average Bonchev–Trinajstić information content (AvgIpc) is 2.91. The Kier molecular flexibility index (Phi) is 19.7. The summed E-state index contributed by atoms with van der Waals surface area (Å²) < 4.78 is 0. The molecular formula is C44H60. The number of aryl methyl sites for hydroxylation is 8. The van der Waals surface area contributed by atoms with Crippen LogP contribution in [-0.2, 0) is 0 Å². The highest BCUT2D eigenvalue weighted by atomic mass is 14.0. The van der Waals surface area contributed by atoms with E-state index in [4.69, 9.17) is 0 Å². The lowest BCUT2D eigenvalue weighted by Gasteiger charge is -1.99. The van der Waals surface area contributed by atoms with Crippen molar-refractivity contribution in [3.63, 3.8) is 0 Å². The molecule has 0 nitrogen and oxygen atoms in total. The van der Waals surface area contributed by atoms with Crippen molar-refractivity contribution < 1.29 is 0 Å². The maximum Gasteiger partial charge on any atom is -0.0179 e. The molecular weight excluding hydrogens is 528 g/mol. The van der Waals surface area contributed by atoms with Crippen LogP contribution in [0.4, 0.5) is 0 Å². The summed E-state index contributed by atoms with van der Waals surface area (Å²) in [6, 6.07) is 43.1. The fourth-order valence-electron chi connectivity index (χ4n) is 4.41. The summed E-state index contributed by atoms with van der Waals surface area (Å²) in [4.78, 5) is 0. The first-order valence-electron chi connectivity index (χ1n) is 14.1. The topological polar surface area (TPSA) is 0 Å². The lowest BCUT2D eigenvalue weighted by molar-refractivity contribution is 1.39. The van der Waals surface area contributed by atoms with Crippen molar-refractivity contribution in [1.29, 1.82) is 0 Å². The van der Waals surface area contributed by atoms with Crippen LogP contribution in [0.5, 0.6) is 0 Å². The Balaban J connectivity index is 0. The SMILES string of the molecule is C.C.C.C.Cc1ccc(C)cc1.Cc1ccc2cc(C)ccc2c1.Cc1ccc2ccc(C)cc2c1.Cc1cccc(C)c1. The molecule has 0 atom stereocenters. The molecule has 6 aromatic carbocycles. The third-order valence-electron chi connectivity index (χ3n) is 6.69. The smallest absolute Gasteiger partial charge is 0.0179 e. The summed E-state index contributed by atoms with van der Waals surface area (Å²) in [5.41, 5.74) is 10.6. The van der Waals surface area contributed by atoms with E-state index in [0.29, 0.717) is 0 Å². The van der Waals surface area contributed by atoms with Crippen LogP contribution in [0.3, 0.4) is 0 Å². The van der Waals surface area contributed by atoms with Gasteiger partial charge >= 0.3 is 0 Å². The second-order valence-corrected chi connectivity index (χ2v) is 11.0. The molecule has 44 heavy (non-hydrogen) atoms. The largest absolute Gasteiger partial charge is 0.0776 e. The van der Waals surface area contributed by atoms with E-state index in [0.717, 1.165) is 0 Å². The number of rotatable bonds is 0. The lowest BCUT2D eigenvalue weighted by atomic mass is 10.1. The van der Waals surface area contributed by atoms with Gasteiger partial charge in [0.15, 0.2) is 0 Å². The molecule has 0 aliphatic rings.